The van der Waals surface area contributed by atoms with Crippen LogP contribution in [0.1, 0.15) is 24.7 Å². The lowest BCUT2D eigenvalue weighted by atomic mass is 10.1. The van der Waals surface area contributed by atoms with Gasteiger partial charge in [-0.15, -0.1) is 0 Å². The van der Waals surface area contributed by atoms with Gasteiger partial charge in [0, 0.05) is 26.2 Å². The first kappa shape index (κ1) is 17.1. The van der Waals surface area contributed by atoms with Crippen LogP contribution in [-0.2, 0) is 0 Å². The number of hydrogen-bond donors (Lipinski definition) is 3. The van der Waals surface area contributed by atoms with Crippen LogP contribution < -0.4 is 21.2 Å². The fraction of sp³-hybridized carbons (Fsp3) is 0.471. The van der Waals surface area contributed by atoms with Crippen molar-refractivity contribution in [3.05, 3.63) is 39.4 Å². The summed E-state index contributed by atoms with van der Waals surface area (Å²) in [6.45, 7) is 2.75. The minimum atomic E-state index is -1.12. The van der Waals surface area contributed by atoms with Gasteiger partial charge in [0.2, 0.25) is 0 Å². The van der Waals surface area contributed by atoms with Crippen molar-refractivity contribution < 1.29 is 9.90 Å². The summed E-state index contributed by atoms with van der Waals surface area (Å²) in [4.78, 5) is 29.3. The lowest BCUT2D eigenvalue weighted by Crippen LogP contribution is -2.54. The summed E-state index contributed by atoms with van der Waals surface area (Å²) >= 11 is 6.27. The predicted octanol–water partition coefficient (Wildman–Crippen LogP) is 1.31. The molecule has 138 valence electrons. The van der Waals surface area contributed by atoms with Gasteiger partial charge in [-0.25, -0.2) is 14.5 Å². The highest BCUT2D eigenvalue weighted by atomic mass is 35.5. The summed E-state index contributed by atoms with van der Waals surface area (Å²) in [6.07, 6.45) is 0.709. The molecule has 1 aromatic heterocycles. The first-order valence-corrected chi connectivity index (χ1v) is 9.10. The maximum Gasteiger partial charge on any atom is 0.405 e. The highest BCUT2D eigenvalue weighted by Crippen LogP contribution is 2.40. The monoisotopic (exact) mass is 377 g/mol. The van der Waals surface area contributed by atoms with Crippen LogP contribution in [0.3, 0.4) is 0 Å². The third-order valence-electron chi connectivity index (χ3n) is 4.88. The first-order valence-electron chi connectivity index (χ1n) is 8.73. The lowest BCUT2D eigenvalue weighted by molar-refractivity contribution is 0.187. The van der Waals surface area contributed by atoms with E-state index in [1.54, 1.807) is 18.2 Å². The number of carboxylic acid groups (broad SMARTS) is 1. The van der Waals surface area contributed by atoms with Crippen LogP contribution in [0.25, 0.3) is 10.9 Å². The Balaban J connectivity index is 1.94. The topological polar surface area (TPSA) is 99.5 Å². The van der Waals surface area contributed by atoms with Crippen molar-refractivity contribution in [2.24, 2.45) is 5.92 Å². The zero-order valence-electron chi connectivity index (χ0n) is 14.1. The number of hydrogen-bond acceptors (Lipinski definition) is 5. The van der Waals surface area contributed by atoms with Gasteiger partial charge in [0.05, 0.1) is 22.0 Å². The fourth-order valence-electron chi connectivity index (χ4n) is 3.48. The van der Waals surface area contributed by atoms with Gasteiger partial charge in [-0.3, -0.25) is 4.79 Å². The van der Waals surface area contributed by atoms with E-state index < -0.39 is 12.1 Å². The fourth-order valence-corrected chi connectivity index (χ4v) is 3.73. The molecule has 2 aromatic rings. The van der Waals surface area contributed by atoms with Gasteiger partial charge in [0.25, 0.3) is 5.56 Å². The van der Waals surface area contributed by atoms with E-state index in [0.717, 1.165) is 25.9 Å². The van der Waals surface area contributed by atoms with Crippen LogP contribution in [-0.4, -0.2) is 47.0 Å². The molecule has 0 bridgehead atoms. The molecule has 2 fully saturated rings. The summed E-state index contributed by atoms with van der Waals surface area (Å²) in [7, 11) is 0. The number of nitrogens with zero attached hydrogens (tertiary/aromatic N) is 3. The maximum atomic E-state index is 13.3. The molecular weight excluding hydrogens is 358 g/mol. The third kappa shape index (κ3) is 3.10. The molecule has 0 radical (unpaired) electrons. The molecule has 26 heavy (non-hydrogen) atoms. The molecule has 0 spiro atoms. The van der Waals surface area contributed by atoms with Gasteiger partial charge in [0.15, 0.2) is 5.82 Å². The van der Waals surface area contributed by atoms with Crippen LogP contribution >= 0.6 is 11.6 Å². The lowest BCUT2D eigenvalue weighted by Gasteiger charge is -2.34. The SMILES string of the molecule is O=C(O)NC(c1nc2cccc(Cl)c2c(=O)n1N1CCNCC1)C1CC1. The van der Waals surface area contributed by atoms with Crippen molar-refractivity contribution >= 4 is 28.6 Å². The highest BCUT2D eigenvalue weighted by molar-refractivity contribution is 6.35. The number of halogens is 1. The number of carbonyl (C=O) groups is 1. The van der Waals surface area contributed by atoms with Gasteiger partial charge in [-0.1, -0.05) is 17.7 Å². The molecule has 9 heteroatoms. The quantitative estimate of drug-likeness (QED) is 0.743. The van der Waals surface area contributed by atoms with Crippen LogP contribution in [0.15, 0.2) is 23.0 Å². The van der Waals surface area contributed by atoms with E-state index in [-0.39, 0.29) is 11.5 Å². The molecular formula is C17H20ClN5O3. The Morgan fingerprint density at radius 2 is 2.08 bits per heavy atom. The summed E-state index contributed by atoms with van der Waals surface area (Å²) in [5.74, 6) is 0.598. The van der Waals surface area contributed by atoms with Crippen molar-refractivity contribution in [2.45, 2.75) is 18.9 Å². The standard InChI is InChI=1S/C17H20ClN5O3/c18-11-2-1-3-12-13(11)16(24)23(22-8-6-19-7-9-22)15(20-12)14(10-4-5-10)21-17(25)26/h1-3,10,14,19,21H,4-9H2,(H,25,26). The third-order valence-corrected chi connectivity index (χ3v) is 5.19. The molecule has 2 heterocycles. The average molecular weight is 378 g/mol. The van der Waals surface area contributed by atoms with Crippen molar-refractivity contribution in [3.8, 4) is 0 Å². The van der Waals surface area contributed by atoms with E-state index >= 15 is 0 Å². The smallest absolute Gasteiger partial charge is 0.405 e. The van der Waals surface area contributed by atoms with E-state index in [1.165, 1.54) is 4.68 Å². The molecule has 1 saturated carbocycles. The van der Waals surface area contributed by atoms with Crippen molar-refractivity contribution in [1.82, 2.24) is 20.3 Å². The molecule has 1 amide bonds. The Morgan fingerprint density at radius 3 is 2.73 bits per heavy atom. The first-order chi connectivity index (χ1) is 12.6. The minimum Gasteiger partial charge on any atom is -0.465 e. The van der Waals surface area contributed by atoms with E-state index in [1.807, 2.05) is 5.01 Å². The Labute approximate surface area is 154 Å². The molecule has 1 aliphatic carbocycles. The maximum absolute atomic E-state index is 13.3. The average Bonchev–Trinajstić information content (AvgIpc) is 3.45. The molecule has 1 saturated heterocycles. The number of amides is 1. The molecule has 1 unspecified atom stereocenters. The molecule has 1 aliphatic heterocycles. The summed E-state index contributed by atoms with van der Waals surface area (Å²) in [6, 6.07) is 4.63. The number of fused-ring (bicyclic) bond motifs is 1. The number of aromatic nitrogens is 2. The second-order valence-electron chi connectivity index (χ2n) is 6.69. The van der Waals surface area contributed by atoms with Gasteiger partial charge in [0.1, 0.15) is 0 Å². The minimum absolute atomic E-state index is 0.156. The van der Waals surface area contributed by atoms with Crippen LogP contribution in [0, 0.1) is 5.92 Å². The van der Waals surface area contributed by atoms with Gasteiger partial charge in [-0.05, 0) is 30.9 Å². The second-order valence-corrected chi connectivity index (χ2v) is 7.10. The molecule has 4 rings (SSSR count). The zero-order valence-corrected chi connectivity index (χ0v) is 14.9. The van der Waals surface area contributed by atoms with Gasteiger partial charge >= 0.3 is 6.09 Å². The molecule has 2 aliphatic rings. The highest BCUT2D eigenvalue weighted by Gasteiger charge is 2.38. The van der Waals surface area contributed by atoms with Crippen LogP contribution in [0.2, 0.25) is 5.02 Å². The van der Waals surface area contributed by atoms with Crippen molar-refractivity contribution in [1.29, 1.82) is 0 Å². The van der Waals surface area contributed by atoms with Crippen molar-refractivity contribution in [2.75, 3.05) is 31.2 Å². The van der Waals surface area contributed by atoms with Crippen molar-refractivity contribution in [3.63, 3.8) is 0 Å². The summed E-state index contributed by atoms with van der Waals surface area (Å²) in [5, 5.41) is 17.7. The van der Waals surface area contributed by atoms with E-state index in [0.29, 0.717) is 34.8 Å². The summed E-state index contributed by atoms with van der Waals surface area (Å²) in [5.41, 5.74) is 0.233. The van der Waals surface area contributed by atoms with Crippen LogP contribution in [0.5, 0.6) is 0 Å². The zero-order chi connectivity index (χ0) is 18.3. The van der Waals surface area contributed by atoms with E-state index in [4.69, 9.17) is 11.6 Å². The van der Waals surface area contributed by atoms with Crippen LogP contribution in [0.4, 0.5) is 4.79 Å². The number of nitrogens with one attached hydrogen (secondary N) is 2. The normalized spacial score (nSPS) is 18.7. The van der Waals surface area contributed by atoms with Gasteiger partial charge < -0.3 is 20.7 Å². The number of piperazine rings is 1. The number of benzene rings is 1. The Bertz CT molecular complexity index is 905. The van der Waals surface area contributed by atoms with E-state index in [2.05, 4.69) is 15.6 Å². The van der Waals surface area contributed by atoms with Gasteiger partial charge in [-0.2, -0.15) is 0 Å². The molecule has 1 aromatic carbocycles. The Hall–Kier alpha value is -2.32. The molecule has 8 nitrogen and oxygen atoms in total. The Morgan fingerprint density at radius 1 is 1.35 bits per heavy atom. The molecule has 1 atom stereocenters. The largest absolute Gasteiger partial charge is 0.465 e. The second kappa shape index (κ2) is 6.77. The number of rotatable bonds is 4. The predicted molar refractivity (Wildman–Crippen MR) is 98.5 cm³/mol. The van der Waals surface area contributed by atoms with E-state index in [9.17, 15) is 14.7 Å². The molecule has 3 N–H and O–H groups in total. The Kier molecular flexibility index (Phi) is 4.46. The summed E-state index contributed by atoms with van der Waals surface area (Å²) < 4.78 is 1.54.